The second-order valence-electron chi connectivity index (χ2n) is 5.61. The molecule has 0 spiro atoms. The van der Waals surface area contributed by atoms with Gasteiger partial charge in [0.1, 0.15) is 0 Å². The first-order chi connectivity index (χ1) is 9.61. The van der Waals surface area contributed by atoms with Crippen molar-refractivity contribution in [1.82, 2.24) is 4.90 Å². The molecule has 0 radical (unpaired) electrons. The van der Waals surface area contributed by atoms with Gasteiger partial charge in [-0.15, -0.1) is 0 Å². The van der Waals surface area contributed by atoms with Crippen LogP contribution in [0.4, 0.5) is 5.69 Å². The van der Waals surface area contributed by atoms with Crippen molar-refractivity contribution in [1.29, 1.82) is 0 Å². The van der Waals surface area contributed by atoms with Crippen LogP contribution >= 0.6 is 0 Å². The summed E-state index contributed by atoms with van der Waals surface area (Å²) in [6.45, 7) is 5.10. The summed E-state index contributed by atoms with van der Waals surface area (Å²) in [7, 11) is 0. The molecule has 2 rings (SSSR count). The van der Waals surface area contributed by atoms with E-state index in [9.17, 15) is 10.1 Å². The molecule has 1 aliphatic heterocycles. The molecule has 2 unspecified atom stereocenters. The van der Waals surface area contributed by atoms with Gasteiger partial charge < -0.3 is 5.73 Å². The van der Waals surface area contributed by atoms with Gasteiger partial charge in [0.15, 0.2) is 0 Å². The predicted molar refractivity (Wildman–Crippen MR) is 79.5 cm³/mol. The number of nitrogens with zero attached hydrogens (tertiary/aromatic N) is 2. The Hall–Kier alpha value is -1.46. The van der Waals surface area contributed by atoms with Crippen LogP contribution in [0.25, 0.3) is 0 Å². The molecule has 1 fully saturated rings. The maximum atomic E-state index is 10.7. The molecule has 5 heteroatoms. The number of likely N-dealkylation sites (tertiary alicyclic amines) is 1. The lowest BCUT2D eigenvalue weighted by Gasteiger charge is -2.37. The average Bonchev–Trinajstić information content (AvgIpc) is 2.47. The number of benzene rings is 1. The Bertz CT molecular complexity index is 445. The summed E-state index contributed by atoms with van der Waals surface area (Å²) in [5, 5.41) is 10.7. The highest BCUT2D eigenvalue weighted by atomic mass is 16.6. The van der Waals surface area contributed by atoms with Crippen LogP contribution in [-0.2, 0) is 0 Å². The third kappa shape index (κ3) is 3.55. The molecular formula is C15H23N3O2. The van der Waals surface area contributed by atoms with Gasteiger partial charge in [-0.3, -0.25) is 15.0 Å². The molecule has 1 heterocycles. The lowest BCUT2D eigenvalue weighted by atomic mass is 9.93. The van der Waals surface area contributed by atoms with Gasteiger partial charge in [0.25, 0.3) is 5.69 Å². The van der Waals surface area contributed by atoms with Crippen LogP contribution in [0.5, 0.6) is 0 Å². The van der Waals surface area contributed by atoms with Crippen molar-refractivity contribution in [3.8, 4) is 0 Å². The zero-order valence-electron chi connectivity index (χ0n) is 12.0. The van der Waals surface area contributed by atoms with Crippen LogP contribution in [-0.4, -0.2) is 29.5 Å². The number of non-ortho nitro benzene ring substituents is 1. The highest BCUT2D eigenvalue weighted by Gasteiger charge is 2.24. The largest absolute Gasteiger partial charge is 0.330 e. The summed E-state index contributed by atoms with van der Waals surface area (Å²) >= 11 is 0. The second-order valence-corrected chi connectivity index (χ2v) is 5.61. The summed E-state index contributed by atoms with van der Waals surface area (Å²) in [6, 6.07) is 7.22. The number of nitro groups is 1. The van der Waals surface area contributed by atoms with Gasteiger partial charge in [0, 0.05) is 24.7 Å². The number of piperidine rings is 1. The van der Waals surface area contributed by atoms with Crippen molar-refractivity contribution in [2.24, 2.45) is 11.7 Å². The molecule has 0 saturated carbocycles. The Labute approximate surface area is 119 Å². The van der Waals surface area contributed by atoms with Crippen LogP contribution in [0.2, 0.25) is 0 Å². The van der Waals surface area contributed by atoms with Crippen molar-refractivity contribution in [2.75, 3.05) is 19.6 Å². The van der Waals surface area contributed by atoms with Gasteiger partial charge in [0.2, 0.25) is 0 Å². The van der Waals surface area contributed by atoms with Gasteiger partial charge in [-0.25, -0.2) is 0 Å². The summed E-state index contributed by atoms with van der Waals surface area (Å²) in [6.07, 6.45) is 3.56. The van der Waals surface area contributed by atoms with E-state index in [1.54, 1.807) is 12.1 Å². The lowest BCUT2D eigenvalue weighted by Crippen LogP contribution is -2.37. The molecule has 5 nitrogen and oxygen atoms in total. The Morgan fingerprint density at radius 1 is 1.45 bits per heavy atom. The van der Waals surface area contributed by atoms with E-state index in [0.717, 1.165) is 31.6 Å². The second kappa shape index (κ2) is 6.81. The minimum atomic E-state index is -0.355. The third-order valence-corrected chi connectivity index (χ3v) is 4.26. The molecule has 1 aromatic carbocycles. The van der Waals surface area contributed by atoms with Crippen LogP contribution in [0.15, 0.2) is 24.3 Å². The molecule has 1 saturated heterocycles. The zero-order valence-corrected chi connectivity index (χ0v) is 12.0. The maximum Gasteiger partial charge on any atom is 0.269 e. The maximum absolute atomic E-state index is 10.7. The van der Waals surface area contributed by atoms with Gasteiger partial charge in [0.05, 0.1) is 4.92 Å². The van der Waals surface area contributed by atoms with Gasteiger partial charge in [-0.2, -0.15) is 0 Å². The number of nitro benzene ring substituents is 1. The monoisotopic (exact) mass is 277 g/mol. The van der Waals surface area contributed by atoms with Gasteiger partial charge >= 0.3 is 0 Å². The first-order valence-electron chi connectivity index (χ1n) is 7.30. The first kappa shape index (κ1) is 14.9. The number of nitrogens with two attached hydrogens (primary N) is 1. The Morgan fingerprint density at radius 2 is 2.15 bits per heavy atom. The van der Waals surface area contributed by atoms with E-state index in [2.05, 4.69) is 11.8 Å². The fourth-order valence-electron chi connectivity index (χ4n) is 3.01. The van der Waals surface area contributed by atoms with Crippen molar-refractivity contribution in [2.45, 2.75) is 32.2 Å². The van der Waals surface area contributed by atoms with Crippen LogP contribution in [0.1, 0.15) is 37.8 Å². The number of hydrogen-bond acceptors (Lipinski definition) is 4. The molecular weight excluding hydrogens is 254 g/mol. The van der Waals surface area contributed by atoms with Crippen LogP contribution < -0.4 is 5.73 Å². The van der Waals surface area contributed by atoms with Crippen LogP contribution in [0, 0.1) is 16.0 Å². The topological polar surface area (TPSA) is 72.4 Å². The average molecular weight is 277 g/mol. The zero-order chi connectivity index (χ0) is 14.5. The van der Waals surface area contributed by atoms with Crippen molar-refractivity contribution in [3.63, 3.8) is 0 Å². The summed E-state index contributed by atoms with van der Waals surface area (Å²) in [5.41, 5.74) is 6.95. The summed E-state index contributed by atoms with van der Waals surface area (Å²) < 4.78 is 0. The highest BCUT2D eigenvalue weighted by molar-refractivity contribution is 5.34. The molecule has 0 amide bonds. The summed E-state index contributed by atoms with van der Waals surface area (Å²) in [5.74, 6) is 0.689. The molecule has 1 aromatic rings. The molecule has 0 aromatic heterocycles. The highest BCUT2D eigenvalue weighted by Crippen LogP contribution is 2.28. The molecule has 0 bridgehead atoms. The van der Waals surface area contributed by atoms with Gasteiger partial charge in [-0.05, 0) is 50.8 Å². The van der Waals surface area contributed by atoms with Crippen molar-refractivity contribution < 1.29 is 4.92 Å². The lowest BCUT2D eigenvalue weighted by molar-refractivity contribution is -0.384. The van der Waals surface area contributed by atoms with E-state index >= 15 is 0 Å². The predicted octanol–water partition coefficient (Wildman–Crippen LogP) is 2.72. The number of hydrogen-bond donors (Lipinski definition) is 1. The first-order valence-corrected chi connectivity index (χ1v) is 7.30. The van der Waals surface area contributed by atoms with E-state index in [4.69, 9.17) is 5.73 Å². The fourth-order valence-corrected chi connectivity index (χ4v) is 3.01. The molecule has 1 aliphatic rings. The Kier molecular flexibility index (Phi) is 5.09. The van der Waals surface area contributed by atoms with E-state index in [0.29, 0.717) is 12.0 Å². The normalized spacial score (nSPS) is 21.6. The standard InChI is InChI=1S/C15H23N3O2/c1-12(14-4-6-15(7-5-14)18(19)20)17-10-2-3-13(11-17)8-9-16/h4-7,12-13H,2-3,8-11,16H2,1H3. The third-order valence-electron chi connectivity index (χ3n) is 4.26. The minimum absolute atomic E-state index is 0.153. The van der Waals surface area contributed by atoms with Crippen molar-refractivity contribution >= 4 is 5.69 Å². The Balaban J connectivity index is 2.02. The number of rotatable bonds is 5. The van der Waals surface area contributed by atoms with E-state index in [-0.39, 0.29) is 10.6 Å². The molecule has 2 atom stereocenters. The van der Waals surface area contributed by atoms with E-state index < -0.39 is 0 Å². The smallest absolute Gasteiger partial charge is 0.269 e. The van der Waals surface area contributed by atoms with E-state index in [1.165, 1.54) is 12.8 Å². The summed E-state index contributed by atoms with van der Waals surface area (Å²) in [4.78, 5) is 12.8. The molecule has 110 valence electrons. The molecule has 2 N–H and O–H groups in total. The van der Waals surface area contributed by atoms with Crippen LogP contribution in [0.3, 0.4) is 0 Å². The molecule has 20 heavy (non-hydrogen) atoms. The SMILES string of the molecule is CC(c1ccc([N+](=O)[O-])cc1)N1CCCC(CCN)C1. The quantitative estimate of drug-likeness (QED) is 0.663. The fraction of sp³-hybridized carbons (Fsp3) is 0.600. The van der Waals surface area contributed by atoms with Gasteiger partial charge in [-0.1, -0.05) is 12.1 Å². The van der Waals surface area contributed by atoms with E-state index in [1.807, 2.05) is 12.1 Å². The minimum Gasteiger partial charge on any atom is -0.330 e. The molecule has 0 aliphatic carbocycles. The van der Waals surface area contributed by atoms with Crippen molar-refractivity contribution in [3.05, 3.63) is 39.9 Å². The Morgan fingerprint density at radius 3 is 2.75 bits per heavy atom.